The minimum absolute atomic E-state index is 0.192. The van der Waals surface area contributed by atoms with Crippen LogP contribution < -0.4 is 4.90 Å². The number of hydrogen-bond donors (Lipinski definition) is 0. The molecule has 2 aromatic heterocycles. The Morgan fingerprint density at radius 3 is 2.75 bits per heavy atom. The second-order valence-corrected chi connectivity index (χ2v) is 5.43. The van der Waals surface area contributed by atoms with E-state index in [1.165, 1.54) is 23.1 Å². The molecule has 8 heteroatoms. The van der Waals surface area contributed by atoms with Gasteiger partial charge in [0.25, 0.3) is 0 Å². The van der Waals surface area contributed by atoms with Crippen LogP contribution in [0.2, 0.25) is 5.28 Å². The van der Waals surface area contributed by atoms with E-state index in [9.17, 15) is 0 Å². The Morgan fingerprint density at radius 2 is 2.12 bits per heavy atom. The molecule has 0 spiro atoms. The number of aromatic nitrogens is 4. The standard InChI is InChI=1S/C8H8ClN5S2/c1-14(2)6-11-5(9)12-7(13-6)16-8-10-3-4-15-8/h3-4H,1-2H3. The highest BCUT2D eigenvalue weighted by molar-refractivity contribution is 8.00. The Bertz CT molecular complexity index is 473. The first-order valence-electron chi connectivity index (χ1n) is 4.31. The molecule has 0 saturated heterocycles. The van der Waals surface area contributed by atoms with Gasteiger partial charge in [-0.05, 0) is 23.4 Å². The maximum absolute atomic E-state index is 5.82. The highest BCUT2D eigenvalue weighted by Crippen LogP contribution is 2.27. The molecule has 0 bridgehead atoms. The van der Waals surface area contributed by atoms with Gasteiger partial charge in [0.1, 0.15) is 0 Å². The van der Waals surface area contributed by atoms with E-state index in [-0.39, 0.29) is 5.28 Å². The first kappa shape index (κ1) is 11.6. The van der Waals surface area contributed by atoms with Crippen LogP contribution in [0, 0.1) is 0 Å². The lowest BCUT2D eigenvalue weighted by Gasteiger charge is -2.09. The lowest BCUT2D eigenvalue weighted by atomic mass is 10.8. The number of thiazole rings is 1. The van der Waals surface area contributed by atoms with Crippen molar-refractivity contribution in [1.82, 2.24) is 19.9 Å². The van der Waals surface area contributed by atoms with Gasteiger partial charge in [0.15, 0.2) is 4.34 Å². The zero-order valence-corrected chi connectivity index (χ0v) is 11.0. The molecule has 0 aliphatic rings. The van der Waals surface area contributed by atoms with Crippen LogP contribution in [-0.4, -0.2) is 34.0 Å². The third kappa shape index (κ3) is 2.81. The summed E-state index contributed by atoms with van der Waals surface area (Å²) >= 11 is 8.72. The molecule has 84 valence electrons. The van der Waals surface area contributed by atoms with Gasteiger partial charge in [-0.3, -0.25) is 0 Å². The molecule has 0 aliphatic heterocycles. The number of anilines is 1. The number of rotatable bonds is 3. The number of hydrogen-bond acceptors (Lipinski definition) is 7. The zero-order chi connectivity index (χ0) is 11.5. The first-order chi connectivity index (χ1) is 7.65. The molecule has 5 nitrogen and oxygen atoms in total. The second-order valence-electron chi connectivity index (χ2n) is 2.98. The van der Waals surface area contributed by atoms with E-state index in [2.05, 4.69) is 19.9 Å². The summed E-state index contributed by atoms with van der Waals surface area (Å²) in [5.74, 6) is 0.541. The van der Waals surface area contributed by atoms with Crippen molar-refractivity contribution in [3.63, 3.8) is 0 Å². The third-order valence-electron chi connectivity index (χ3n) is 1.56. The van der Waals surface area contributed by atoms with Gasteiger partial charge in [-0.15, -0.1) is 11.3 Å². The van der Waals surface area contributed by atoms with Gasteiger partial charge in [0.05, 0.1) is 0 Å². The van der Waals surface area contributed by atoms with Crippen LogP contribution in [-0.2, 0) is 0 Å². The average molecular weight is 274 g/mol. The van der Waals surface area contributed by atoms with Gasteiger partial charge in [-0.1, -0.05) is 0 Å². The Labute approximate surface area is 106 Å². The van der Waals surface area contributed by atoms with Crippen LogP contribution in [0.25, 0.3) is 0 Å². The molecule has 0 radical (unpaired) electrons. The van der Waals surface area contributed by atoms with Crippen molar-refractivity contribution >= 4 is 40.6 Å². The predicted octanol–water partition coefficient (Wildman–Crippen LogP) is 2.20. The van der Waals surface area contributed by atoms with Crippen molar-refractivity contribution < 1.29 is 0 Å². The molecule has 0 aliphatic carbocycles. The summed E-state index contributed by atoms with van der Waals surface area (Å²) in [6, 6.07) is 0. The van der Waals surface area contributed by atoms with Crippen molar-refractivity contribution in [2.75, 3.05) is 19.0 Å². The van der Waals surface area contributed by atoms with Crippen LogP contribution in [0.5, 0.6) is 0 Å². The second kappa shape index (κ2) is 4.94. The van der Waals surface area contributed by atoms with E-state index in [1.54, 1.807) is 11.1 Å². The van der Waals surface area contributed by atoms with Crippen molar-refractivity contribution in [3.05, 3.63) is 16.9 Å². The van der Waals surface area contributed by atoms with Crippen LogP contribution in [0.1, 0.15) is 0 Å². The molecule has 0 N–H and O–H groups in total. The van der Waals surface area contributed by atoms with Gasteiger partial charge < -0.3 is 4.90 Å². The van der Waals surface area contributed by atoms with Crippen LogP contribution in [0.3, 0.4) is 0 Å². The van der Waals surface area contributed by atoms with Crippen LogP contribution in [0.4, 0.5) is 5.95 Å². The van der Waals surface area contributed by atoms with Crippen molar-refractivity contribution in [2.24, 2.45) is 0 Å². The summed E-state index contributed by atoms with van der Waals surface area (Å²) < 4.78 is 0.881. The summed E-state index contributed by atoms with van der Waals surface area (Å²) in [4.78, 5) is 18.2. The fourth-order valence-corrected chi connectivity index (χ4v) is 2.58. The Balaban J connectivity index is 2.27. The van der Waals surface area contributed by atoms with E-state index in [1.807, 2.05) is 19.5 Å². The molecule has 0 atom stereocenters. The van der Waals surface area contributed by atoms with Gasteiger partial charge >= 0.3 is 0 Å². The molecule has 0 saturated carbocycles. The molecule has 2 rings (SSSR count). The lowest BCUT2D eigenvalue weighted by molar-refractivity contribution is 0.865. The topological polar surface area (TPSA) is 54.8 Å². The fraction of sp³-hybridized carbons (Fsp3) is 0.250. The molecule has 0 aromatic carbocycles. The van der Waals surface area contributed by atoms with Crippen LogP contribution >= 0.6 is 34.7 Å². The lowest BCUT2D eigenvalue weighted by Crippen LogP contribution is -2.13. The summed E-state index contributed by atoms with van der Waals surface area (Å²) in [7, 11) is 3.70. The summed E-state index contributed by atoms with van der Waals surface area (Å²) in [5, 5.41) is 2.65. The summed E-state index contributed by atoms with van der Waals surface area (Å²) in [6.07, 6.45) is 1.74. The fourth-order valence-electron chi connectivity index (χ4n) is 0.906. The number of nitrogens with zero attached hydrogens (tertiary/aromatic N) is 5. The van der Waals surface area contributed by atoms with Crippen molar-refractivity contribution in [2.45, 2.75) is 9.50 Å². The zero-order valence-electron chi connectivity index (χ0n) is 8.59. The quantitative estimate of drug-likeness (QED) is 0.855. The van der Waals surface area contributed by atoms with Crippen LogP contribution in [0.15, 0.2) is 21.1 Å². The van der Waals surface area contributed by atoms with E-state index < -0.39 is 0 Å². The molecule has 0 fully saturated rings. The first-order valence-corrected chi connectivity index (χ1v) is 6.39. The van der Waals surface area contributed by atoms with Gasteiger partial charge in [-0.2, -0.15) is 15.0 Å². The van der Waals surface area contributed by atoms with Crippen molar-refractivity contribution in [3.8, 4) is 0 Å². The smallest absolute Gasteiger partial charge is 0.230 e. The minimum atomic E-state index is 0.192. The predicted molar refractivity (Wildman–Crippen MR) is 65.4 cm³/mol. The monoisotopic (exact) mass is 273 g/mol. The van der Waals surface area contributed by atoms with Gasteiger partial charge in [0, 0.05) is 25.7 Å². The average Bonchev–Trinajstić information content (AvgIpc) is 2.69. The highest BCUT2D eigenvalue weighted by atomic mass is 35.5. The van der Waals surface area contributed by atoms with E-state index >= 15 is 0 Å². The van der Waals surface area contributed by atoms with Gasteiger partial charge in [0.2, 0.25) is 16.4 Å². The third-order valence-corrected chi connectivity index (χ3v) is 3.48. The summed E-state index contributed by atoms with van der Waals surface area (Å²) in [5.41, 5.74) is 0. The highest BCUT2D eigenvalue weighted by Gasteiger charge is 2.09. The maximum atomic E-state index is 5.82. The molecule has 0 amide bonds. The van der Waals surface area contributed by atoms with Gasteiger partial charge in [-0.25, -0.2) is 4.98 Å². The molecule has 2 aromatic rings. The Morgan fingerprint density at radius 1 is 1.31 bits per heavy atom. The van der Waals surface area contributed by atoms with E-state index in [0.29, 0.717) is 11.1 Å². The Hall–Kier alpha value is -0.920. The normalized spacial score (nSPS) is 10.4. The molecule has 2 heterocycles. The SMILES string of the molecule is CN(C)c1nc(Cl)nc(Sc2nccs2)n1. The Kier molecular flexibility index (Phi) is 3.57. The number of halogens is 1. The minimum Gasteiger partial charge on any atom is -0.347 e. The summed E-state index contributed by atoms with van der Waals surface area (Å²) in [6.45, 7) is 0. The van der Waals surface area contributed by atoms with E-state index in [4.69, 9.17) is 11.6 Å². The largest absolute Gasteiger partial charge is 0.347 e. The molecule has 0 unspecified atom stereocenters. The van der Waals surface area contributed by atoms with E-state index in [0.717, 1.165) is 4.34 Å². The van der Waals surface area contributed by atoms with Crippen molar-refractivity contribution in [1.29, 1.82) is 0 Å². The molecule has 16 heavy (non-hydrogen) atoms. The maximum Gasteiger partial charge on any atom is 0.230 e. The molecular formula is C8H8ClN5S2. The molecular weight excluding hydrogens is 266 g/mol.